The summed E-state index contributed by atoms with van der Waals surface area (Å²) in [7, 11) is -3.73. The van der Waals surface area contributed by atoms with Crippen molar-refractivity contribution in [2.75, 3.05) is 12.3 Å². The molecule has 0 saturated carbocycles. The van der Waals surface area contributed by atoms with E-state index in [2.05, 4.69) is 9.71 Å². The maximum Gasteiger partial charge on any atom is 0.244 e. The lowest BCUT2D eigenvalue weighted by molar-refractivity contribution is 0.233. The van der Waals surface area contributed by atoms with Crippen molar-refractivity contribution in [3.8, 4) is 0 Å². The molecule has 1 heterocycles. The summed E-state index contributed by atoms with van der Waals surface area (Å²) < 4.78 is 26.9. The van der Waals surface area contributed by atoms with Gasteiger partial charge in [0, 0.05) is 18.3 Å². The summed E-state index contributed by atoms with van der Waals surface area (Å²) in [5.74, 6) is -0.0348. The van der Waals surface area contributed by atoms with E-state index in [1.54, 1.807) is 6.92 Å². The van der Waals surface area contributed by atoms with Crippen LogP contribution >= 0.6 is 0 Å². The number of nitrogens with two attached hydrogens (primary N) is 1. The van der Waals surface area contributed by atoms with Crippen LogP contribution in [0.4, 0.5) is 5.82 Å². The van der Waals surface area contributed by atoms with E-state index in [-0.39, 0.29) is 17.3 Å². The highest BCUT2D eigenvalue weighted by molar-refractivity contribution is 7.89. The molecule has 0 aliphatic heterocycles. The number of nitrogens with zero attached hydrogens (tertiary/aromatic N) is 1. The largest absolute Gasteiger partial charge is 0.396 e. The molecule has 0 radical (unpaired) electrons. The molecule has 1 aromatic rings. The number of nitrogen functional groups attached to an aromatic ring is 1. The Morgan fingerprint density at radius 1 is 1.56 bits per heavy atom. The molecule has 0 amide bonds. The molecule has 7 heteroatoms. The Morgan fingerprint density at radius 3 is 2.72 bits per heavy atom. The maximum absolute atomic E-state index is 12.2. The van der Waals surface area contributed by atoms with Crippen molar-refractivity contribution in [2.45, 2.75) is 37.1 Å². The van der Waals surface area contributed by atoms with Gasteiger partial charge in [-0.15, -0.1) is 0 Å². The van der Waals surface area contributed by atoms with Crippen LogP contribution in [0.5, 0.6) is 0 Å². The van der Waals surface area contributed by atoms with E-state index in [1.807, 2.05) is 6.92 Å². The van der Waals surface area contributed by atoms with Crippen molar-refractivity contribution < 1.29 is 13.5 Å². The number of aliphatic hydroxyl groups excluding tert-OH is 1. The summed E-state index contributed by atoms with van der Waals surface area (Å²) >= 11 is 0. The Bertz CT molecular complexity index is 504. The summed E-state index contributed by atoms with van der Waals surface area (Å²) in [4.78, 5) is 3.72. The molecular formula is C11H19N3O3S. The highest BCUT2D eigenvalue weighted by atomic mass is 32.2. The Morgan fingerprint density at radius 2 is 2.22 bits per heavy atom. The first-order chi connectivity index (χ1) is 8.34. The van der Waals surface area contributed by atoms with Crippen LogP contribution < -0.4 is 10.5 Å². The number of pyridine rings is 1. The standard InChI is InChI=1S/C11H19N3O3S/c1-3-11(2,6-8-15)14-18(16,17)9-5-4-7-13-10(9)12/h4-5,7,14-15H,3,6,8H2,1-2H3,(H2,12,13). The number of hydrogen-bond donors (Lipinski definition) is 3. The predicted octanol–water partition coefficient (Wildman–Crippen LogP) is 0.493. The average molecular weight is 273 g/mol. The van der Waals surface area contributed by atoms with Gasteiger partial charge in [0.15, 0.2) is 0 Å². The third kappa shape index (κ3) is 3.41. The Kier molecular flexibility index (Phi) is 4.66. The smallest absolute Gasteiger partial charge is 0.244 e. The van der Waals surface area contributed by atoms with E-state index >= 15 is 0 Å². The van der Waals surface area contributed by atoms with Crippen LogP contribution in [0.25, 0.3) is 0 Å². The average Bonchev–Trinajstić information content (AvgIpc) is 2.29. The molecule has 0 aromatic carbocycles. The van der Waals surface area contributed by atoms with Crippen molar-refractivity contribution in [3.63, 3.8) is 0 Å². The molecule has 0 saturated heterocycles. The molecule has 18 heavy (non-hydrogen) atoms. The number of aliphatic hydroxyl groups is 1. The Labute approximate surface area is 107 Å². The summed E-state index contributed by atoms with van der Waals surface area (Å²) in [5.41, 5.74) is 4.86. The van der Waals surface area contributed by atoms with Crippen molar-refractivity contribution in [1.82, 2.24) is 9.71 Å². The number of aromatic nitrogens is 1. The van der Waals surface area contributed by atoms with Gasteiger partial charge in [-0.2, -0.15) is 0 Å². The fourth-order valence-electron chi connectivity index (χ4n) is 1.56. The first-order valence-corrected chi connectivity index (χ1v) is 7.18. The van der Waals surface area contributed by atoms with Crippen LogP contribution in [0, 0.1) is 0 Å². The van der Waals surface area contributed by atoms with Crippen LogP contribution in [-0.4, -0.2) is 30.7 Å². The SMILES string of the molecule is CCC(C)(CCO)NS(=O)(=O)c1cccnc1N. The fraction of sp³-hybridized carbons (Fsp3) is 0.545. The van der Waals surface area contributed by atoms with Gasteiger partial charge in [-0.05, 0) is 31.9 Å². The third-order valence-electron chi connectivity index (χ3n) is 2.91. The normalized spacial score (nSPS) is 15.3. The zero-order chi connectivity index (χ0) is 13.8. The minimum atomic E-state index is -3.73. The topological polar surface area (TPSA) is 105 Å². The zero-order valence-electron chi connectivity index (χ0n) is 10.5. The van der Waals surface area contributed by atoms with E-state index in [0.717, 1.165) is 0 Å². The molecule has 1 unspecified atom stereocenters. The lowest BCUT2D eigenvalue weighted by atomic mass is 9.97. The van der Waals surface area contributed by atoms with Crippen molar-refractivity contribution in [2.24, 2.45) is 0 Å². The molecule has 4 N–H and O–H groups in total. The van der Waals surface area contributed by atoms with Crippen LogP contribution in [0.15, 0.2) is 23.2 Å². The van der Waals surface area contributed by atoms with Crippen LogP contribution in [0.2, 0.25) is 0 Å². The fourth-order valence-corrected chi connectivity index (χ4v) is 3.15. The number of sulfonamides is 1. The number of hydrogen-bond acceptors (Lipinski definition) is 5. The molecule has 6 nitrogen and oxygen atoms in total. The number of anilines is 1. The van der Waals surface area contributed by atoms with Crippen LogP contribution in [0.1, 0.15) is 26.7 Å². The van der Waals surface area contributed by atoms with E-state index in [0.29, 0.717) is 12.8 Å². The first kappa shape index (κ1) is 14.9. The minimum absolute atomic E-state index is 0.0348. The molecule has 0 bridgehead atoms. The van der Waals surface area contributed by atoms with E-state index < -0.39 is 15.6 Å². The molecule has 0 fully saturated rings. The quantitative estimate of drug-likeness (QED) is 0.699. The second-order valence-corrected chi connectivity index (χ2v) is 6.03. The van der Waals surface area contributed by atoms with Crippen LogP contribution in [0.3, 0.4) is 0 Å². The molecule has 0 spiro atoms. The second kappa shape index (κ2) is 5.64. The van der Waals surface area contributed by atoms with Gasteiger partial charge in [0.1, 0.15) is 10.7 Å². The van der Waals surface area contributed by atoms with Gasteiger partial charge in [-0.25, -0.2) is 18.1 Å². The zero-order valence-corrected chi connectivity index (χ0v) is 11.4. The van der Waals surface area contributed by atoms with Gasteiger partial charge < -0.3 is 10.8 Å². The van der Waals surface area contributed by atoms with Crippen molar-refractivity contribution in [1.29, 1.82) is 0 Å². The minimum Gasteiger partial charge on any atom is -0.396 e. The second-order valence-electron chi connectivity index (χ2n) is 4.38. The van der Waals surface area contributed by atoms with E-state index in [9.17, 15) is 8.42 Å². The van der Waals surface area contributed by atoms with Gasteiger partial charge in [-0.3, -0.25) is 0 Å². The third-order valence-corrected chi connectivity index (χ3v) is 4.60. The summed E-state index contributed by atoms with van der Waals surface area (Å²) in [5, 5.41) is 8.98. The summed E-state index contributed by atoms with van der Waals surface area (Å²) in [6.45, 7) is 3.51. The highest BCUT2D eigenvalue weighted by Crippen LogP contribution is 2.21. The molecule has 1 rings (SSSR count). The van der Waals surface area contributed by atoms with Gasteiger partial charge >= 0.3 is 0 Å². The lowest BCUT2D eigenvalue weighted by Gasteiger charge is -2.28. The number of rotatable bonds is 6. The van der Waals surface area contributed by atoms with Gasteiger partial charge in [-0.1, -0.05) is 6.92 Å². The van der Waals surface area contributed by atoms with Crippen molar-refractivity contribution in [3.05, 3.63) is 18.3 Å². The molecule has 1 atom stereocenters. The lowest BCUT2D eigenvalue weighted by Crippen LogP contribution is -2.46. The van der Waals surface area contributed by atoms with Crippen molar-refractivity contribution >= 4 is 15.8 Å². The molecule has 0 aliphatic carbocycles. The van der Waals surface area contributed by atoms with E-state index in [4.69, 9.17) is 10.8 Å². The predicted molar refractivity (Wildman–Crippen MR) is 69.4 cm³/mol. The monoisotopic (exact) mass is 273 g/mol. The first-order valence-electron chi connectivity index (χ1n) is 5.70. The van der Waals surface area contributed by atoms with Gasteiger partial charge in [0.25, 0.3) is 0 Å². The maximum atomic E-state index is 12.2. The molecule has 102 valence electrons. The molecule has 0 aliphatic rings. The number of nitrogens with one attached hydrogen (secondary N) is 1. The van der Waals surface area contributed by atoms with Crippen LogP contribution in [-0.2, 0) is 10.0 Å². The van der Waals surface area contributed by atoms with Gasteiger partial charge in [0.05, 0.1) is 0 Å². The highest BCUT2D eigenvalue weighted by Gasteiger charge is 2.29. The summed E-state index contributed by atoms with van der Waals surface area (Å²) in [6, 6.07) is 2.92. The summed E-state index contributed by atoms with van der Waals surface area (Å²) in [6.07, 6.45) is 2.33. The Balaban J connectivity index is 3.06. The Hall–Kier alpha value is -1.18. The van der Waals surface area contributed by atoms with Gasteiger partial charge in [0.2, 0.25) is 10.0 Å². The van der Waals surface area contributed by atoms with E-state index in [1.165, 1.54) is 18.3 Å². The molecular weight excluding hydrogens is 254 g/mol. The molecule has 1 aromatic heterocycles.